The minimum Gasteiger partial charge on any atom is -0.481 e. The van der Waals surface area contributed by atoms with Crippen molar-refractivity contribution in [1.82, 2.24) is 4.90 Å². The zero-order chi connectivity index (χ0) is 10.4. The Morgan fingerprint density at radius 2 is 2.00 bits per heavy atom. The third kappa shape index (κ3) is 1.54. The second-order valence-electron chi connectivity index (χ2n) is 5.59. The number of aliphatic carboxylic acids is 1. The van der Waals surface area contributed by atoms with Gasteiger partial charge in [0.2, 0.25) is 0 Å². The summed E-state index contributed by atoms with van der Waals surface area (Å²) in [6.45, 7) is 6.31. The van der Waals surface area contributed by atoms with E-state index in [4.69, 9.17) is 5.11 Å². The molecule has 0 aromatic carbocycles. The highest BCUT2D eigenvalue weighted by Crippen LogP contribution is 2.50. The Bertz CT molecular complexity index is 248. The smallest absolute Gasteiger partial charge is 0.305 e. The van der Waals surface area contributed by atoms with Crippen LogP contribution in [0.3, 0.4) is 0 Å². The number of carbonyl (C=O) groups is 1. The van der Waals surface area contributed by atoms with Gasteiger partial charge < -0.3 is 5.11 Å². The van der Waals surface area contributed by atoms with E-state index in [0.717, 1.165) is 13.1 Å². The van der Waals surface area contributed by atoms with Crippen LogP contribution in [0.5, 0.6) is 0 Å². The fourth-order valence-electron chi connectivity index (χ4n) is 2.67. The van der Waals surface area contributed by atoms with Crippen molar-refractivity contribution in [2.24, 2.45) is 5.41 Å². The maximum absolute atomic E-state index is 10.7. The van der Waals surface area contributed by atoms with Crippen LogP contribution in [-0.4, -0.2) is 34.6 Å². The van der Waals surface area contributed by atoms with Crippen LogP contribution >= 0.6 is 0 Å². The monoisotopic (exact) mass is 197 g/mol. The lowest BCUT2D eigenvalue weighted by Crippen LogP contribution is -2.66. The molecule has 14 heavy (non-hydrogen) atoms. The number of hydrogen-bond donors (Lipinski definition) is 1. The molecule has 2 fully saturated rings. The summed E-state index contributed by atoms with van der Waals surface area (Å²) in [5, 5.41) is 8.79. The molecular weight excluding hydrogens is 178 g/mol. The second-order valence-corrected chi connectivity index (χ2v) is 5.59. The van der Waals surface area contributed by atoms with Crippen LogP contribution in [0.25, 0.3) is 0 Å². The molecule has 1 heterocycles. The molecular formula is C11H19NO2. The number of rotatable bonds is 3. The highest BCUT2D eigenvalue weighted by Gasteiger charge is 2.51. The Balaban J connectivity index is 1.87. The average molecular weight is 197 g/mol. The van der Waals surface area contributed by atoms with Crippen LogP contribution in [0, 0.1) is 5.41 Å². The lowest BCUT2D eigenvalue weighted by molar-refractivity contribution is -0.147. The molecule has 1 saturated carbocycles. The number of likely N-dealkylation sites (tertiary alicyclic amines) is 1. The molecule has 0 aromatic heterocycles. The lowest BCUT2D eigenvalue weighted by Gasteiger charge is -2.60. The summed E-state index contributed by atoms with van der Waals surface area (Å²) >= 11 is 0. The molecule has 2 rings (SSSR count). The molecule has 80 valence electrons. The highest BCUT2D eigenvalue weighted by atomic mass is 16.4. The molecule has 1 aliphatic carbocycles. The quantitative estimate of drug-likeness (QED) is 0.749. The number of hydrogen-bond acceptors (Lipinski definition) is 2. The molecule has 3 nitrogen and oxygen atoms in total. The Kier molecular flexibility index (Phi) is 2.11. The fraction of sp³-hybridized carbons (Fsp3) is 0.909. The number of carboxylic acids is 1. The zero-order valence-electron chi connectivity index (χ0n) is 9.05. The van der Waals surface area contributed by atoms with E-state index in [0.29, 0.717) is 5.41 Å². The first-order chi connectivity index (χ1) is 6.44. The van der Waals surface area contributed by atoms with Gasteiger partial charge >= 0.3 is 5.97 Å². The summed E-state index contributed by atoms with van der Waals surface area (Å²) in [4.78, 5) is 13.0. The Labute approximate surface area is 85.1 Å². The van der Waals surface area contributed by atoms with Gasteiger partial charge in [0.15, 0.2) is 0 Å². The molecule has 1 N–H and O–H groups in total. The van der Waals surface area contributed by atoms with E-state index in [-0.39, 0.29) is 12.0 Å². The Morgan fingerprint density at radius 1 is 1.43 bits per heavy atom. The first-order valence-corrected chi connectivity index (χ1v) is 5.41. The topological polar surface area (TPSA) is 40.5 Å². The minimum atomic E-state index is -0.690. The Hall–Kier alpha value is -0.570. The molecule has 2 aliphatic rings. The van der Waals surface area contributed by atoms with Gasteiger partial charge in [-0.1, -0.05) is 6.42 Å². The summed E-state index contributed by atoms with van der Waals surface area (Å²) in [6.07, 6.45) is 4.33. The molecule has 0 bridgehead atoms. The predicted octanol–water partition coefficient (Wildman–Crippen LogP) is 1.73. The molecule has 0 radical (unpaired) electrons. The van der Waals surface area contributed by atoms with Crippen molar-refractivity contribution in [1.29, 1.82) is 0 Å². The van der Waals surface area contributed by atoms with Crippen molar-refractivity contribution in [3.8, 4) is 0 Å². The van der Waals surface area contributed by atoms with E-state index >= 15 is 0 Å². The Morgan fingerprint density at radius 3 is 2.36 bits per heavy atom. The summed E-state index contributed by atoms with van der Waals surface area (Å²) in [5.41, 5.74) is 0.433. The maximum Gasteiger partial charge on any atom is 0.305 e. The van der Waals surface area contributed by atoms with Gasteiger partial charge in [0.25, 0.3) is 0 Å². The normalized spacial score (nSPS) is 25.6. The van der Waals surface area contributed by atoms with Crippen molar-refractivity contribution < 1.29 is 9.90 Å². The lowest BCUT2D eigenvalue weighted by atomic mass is 9.62. The van der Waals surface area contributed by atoms with Crippen LogP contribution in [0.1, 0.15) is 39.5 Å². The van der Waals surface area contributed by atoms with Gasteiger partial charge in [-0.05, 0) is 32.1 Å². The summed E-state index contributed by atoms with van der Waals surface area (Å²) in [7, 11) is 0. The third-order valence-corrected chi connectivity index (χ3v) is 3.91. The van der Waals surface area contributed by atoms with E-state index < -0.39 is 5.97 Å². The summed E-state index contributed by atoms with van der Waals surface area (Å²) < 4.78 is 0. The van der Waals surface area contributed by atoms with Gasteiger partial charge in [-0.15, -0.1) is 0 Å². The molecule has 0 atom stereocenters. The first kappa shape index (κ1) is 9.97. The third-order valence-electron chi connectivity index (χ3n) is 3.91. The van der Waals surface area contributed by atoms with E-state index in [9.17, 15) is 4.79 Å². The number of nitrogens with zero attached hydrogens (tertiary/aromatic N) is 1. The van der Waals surface area contributed by atoms with E-state index in [2.05, 4.69) is 4.90 Å². The van der Waals surface area contributed by atoms with Crippen molar-refractivity contribution >= 4 is 5.97 Å². The van der Waals surface area contributed by atoms with Crippen molar-refractivity contribution in [2.75, 3.05) is 13.1 Å². The molecule has 0 amide bonds. The molecule has 1 saturated heterocycles. The summed E-state index contributed by atoms with van der Waals surface area (Å²) in [5.74, 6) is -0.690. The maximum atomic E-state index is 10.7. The van der Waals surface area contributed by atoms with Crippen molar-refractivity contribution in [3.05, 3.63) is 0 Å². The van der Waals surface area contributed by atoms with Crippen LogP contribution in [0.4, 0.5) is 0 Å². The van der Waals surface area contributed by atoms with Crippen LogP contribution in [-0.2, 0) is 4.79 Å². The number of carboxylic acid groups (broad SMARTS) is 1. The standard InChI is InChI=1S/C11H19NO2/c1-10(2,6-9(13)14)12-7-11(8-12)4-3-5-11/h3-8H2,1-2H3,(H,13,14). The zero-order valence-corrected chi connectivity index (χ0v) is 9.05. The van der Waals surface area contributed by atoms with Gasteiger partial charge in [0, 0.05) is 18.6 Å². The molecule has 0 aromatic rings. The highest BCUT2D eigenvalue weighted by molar-refractivity contribution is 5.68. The van der Waals surface area contributed by atoms with E-state index in [1.807, 2.05) is 13.8 Å². The van der Waals surface area contributed by atoms with E-state index in [1.165, 1.54) is 19.3 Å². The SMILES string of the molecule is CC(C)(CC(=O)O)N1CC2(CCC2)C1. The van der Waals surface area contributed by atoms with Gasteiger partial charge in [0.1, 0.15) is 0 Å². The molecule has 0 unspecified atom stereocenters. The van der Waals surface area contributed by atoms with Crippen LogP contribution in [0.15, 0.2) is 0 Å². The largest absolute Gasteiger partial charge is 0.481 e. The fourth-order valence-corrected chi connectivity index (χ4v) is 2.67. The molecule has 3 heteroatoms. The average Bonchev–Trinajstić information content (AvgIpc) is 1.73. The van der Waals surface area contributed by atoms with Crippen molar-refractivity contribution in [2.45, 2.75) is 45.1 Å². The first-order valence-electron chi connectivity index (χ1n) is 5.41. The predicted molar refractivity (Wildman–Crippen MR) is 54.2 cm³/mol. The molecule has 1 spiro atoms. The van der Waals surface area contributed by atoms with Crippen molar-refractivity contribution in [3.63, 3.8) is 0 Å². The van der Waals surface area contributed by atoms with E-state index in [1.54, 1.807) is 0 Å². The van der Waals surface area contributed by atoms with Gasteiger partial charge in [-0.25, -0.2) is 0 Å². The van der Waals surface area contributed by atoms with Crippen LogP contribution < -0.4 is 0 Å². The van der Waals surface area contributed by atoms with Gasteiger partial charge in [0.05, 0.1) is 6.42 Å². The second kappa shape index (κ2) is 2.96. The van der Waals surface area contributed by atoms with Crippen LogP contribution in [0.2, 0.25) is 0 Å². The van der Waals surface area contributed by atoms with Gasteiger partial charge in [-0.2, -0.15) is 0 Å². The van der Waals surface area contributed by atoms with Gasteiger partial charge in [-0.3, -0.25) is 9.69 Å². The minimum absolute atomic E-state index is 0.160. The summed E-state index contributed by atoms with van der Waals surface area (Å²) in [6, 6.07) is 0. The molecule has 1 aliphatic heterocycles.